The summed E-state index contributed by atoms with van der Waals surface area (Å²) in [5.41, 5.74) is 0.973. The van der Waals surface area contributed by atoms with Crippen LogP contribution in [0, 0.1) is 5.92 Å². The molecule has 1 atom stereocenters. The van der Waals surface area contributed by atoms with Gasteiger partial charge in [0.05, 0.1) is 6.61 Å². The van der Waals surface area contributed by atoms with Crippen LogP contribution >= 0.6 is 0 Å². The van der Waals surface area contributed by atoms with E-state index < -0.39 is 0 Å². The van der Waals surface area contributed by atoms with Crippen LogP contribution in [0.2, 0.25) is 0 Å². The predicted octanol–water partition coefficient (Wildman–Crippen LogP) is 1.67. The maximum absolute atomic E-state index is 8.75. The highest BCUT2D eigenvalue weighted by molar-refractivity contribution is 5.28. The van der Waals surface area contributed by atoms with Gasteiger partial charge in [-0.05, 0) is 11.5 Å². The summed E-state index contributed by atoms with van der Waals surface area (Å²) in [5.74, 6) is 0.486. The van der Waals surface area contributed by atoms with Gasteiger partial charge in [-0.1, -0.05) is 37.3 Å². The minimum Gasteiger partial charge on any atom is -0.392 e. The molecule has 0 saturated heterocycles. The Morgan fingerprint density at radius 1 is 1.50 bits per heavy atom. The first-order chi connectivity index (χ1) is 4.83. The molecule has 0 aliphatic heterocycles. The van der Waals surface area contributed by atoms with Crippen molar-refractivity contribution in [2.75, 3.05) is 6.61 Å². The van der Waals surface area contributed by atoms with Crippen LogP contribution in [-0.4, -0.2) is 11.7 Å². The highest BCUT2D eigenvalue weighted by Crippen LogP contribution is 2.08. The molecule has 0 aromatic carbocycles. The summed E-state index contributed by atoms with van der Waals surface area (Å²) in [6.45, 7) is 2.24. The molecule has 0 aromatic rings. The van der Waals surface area contributed by atoms with E-state index in [1.165, 1.54) is 0 Å². The van der Waals surface area contributed by atoms with Crippen molar-refractivity contribution in [2.45, 2.75) is 6.92 Å². The highest BCUT2D eigenvalue weighted by Gasteiger charge is 1.94. The molecule has 0 bridgehead atoms. The molecule has 1 N–H and O–H groups in total. The van der Waals surface area contributed by atoms with Crippen LogP contribution in [0.4, 0.5) is 0 Å². The van der Waals surface area contributed by atoms with Crippen LogP contribution in [0.15, 0.2) is 36.0 Å². The fraction of sp³-hybridized carbons (Fsp3) is 0.333. The van der Waals surface area contributed by atoms with Crippen LogP contribution in [0.5, 0.6) is 0 Å². The molecule has 1 heteroatoms. The van der Waals surface area contributed by atoms with E-state index >= 15 is 0 Å². The van der Waals surface area contributed by atoms with Crippen molar-refractivity contribution in [3.63, 3.8) is 0 Å². The summed E-state index contributed by atoms with van der Waals surface area (Å²) in [5, 5.41) is 8.75. The Hall–Kier alpha value is -0.820. The molecule has 10 heavy (non-hydrogen) atoms. The Bertz CT molecular complexity index is 187. The third-order valence-electron chi connectivity index (χ3n) is 1.52. The minimum atomic E-state index is 0.133. The lowest BCUT2D eigenvalue weighted by Crippen LogP contribution is -1.84. The van der Waals surface area contributed by atoms with E-state index in [9.17, 15) is 0 Å². The minimum absolute atomic E-state index is 0.133. The zero-order valence-electron chi connectivity index (χ0n) is 6.12. The number of hydrogen-bond acceptors (Lipinski definition) is 1. The summed E-state index contributed by atoms with van der Waals surface area (Å²) < 4.78 is 0. The van der Waals surface area contributed by atoms with E-state index in [0.29, 0.717) is 5.92 Å². The van der Waals surface area contributed by atoms with E-state index in [4.69, 9.17) is 5.11 Å². The monoisotopic (exact) mass is 136 g/mol. The molecule has 0 spiro atoms. The second-order valence-corrected chi connectivity index (χ2v) is 2.50. The lowest BCUT2D eigenvalue weighted by molar-refractivity contribution is 0.335. The Morgan fingerprint density at radius 2 is 2.30 bits per heavy atom. The van der Waals surface area contributed by atoms with E-state index in [-0.39, 0.29) is 6.61 Å². The number of hydrogen-bond donors (Lipinski definition) is 1. The molecular weight excluding hydrogens is 124 g/mol. The molecule has 0 aromatic heterocycles. The molecule has 1 unspecified atom stereocenters. The summed E-state index contributed by atoms with van der Waals surface area (Å²) in [4.78, 5) is 0. The summed E-state index contributed by atoms with van der Waals surface area (Å²) in [6.07, 6.45) is 10.0. The molecule has 1 aliphatic carbocycles. The summed E-state index contributed by atoms with van der Waals surface area (Å²) >= 11 is 0. The first-order valence-electron chi connectivity index (χ1n) is 3.49. The van der Waals surface area contributed by atoms with Gasteiger partial charge < -0.3 is 5.11 Å². The summed E-state index contributed by atoms with van der Waals surface area (Å²) in [6, 6.07) is 0. The van der Waals surface area contributed by atoms with Crippen LogP contribution < -0.4 is 0 Å². The smallest absolute Gasteiger partial charge is 0.0681 e. The van der Waals surface area contributed by atoms with Gasteiger partial charge in [-0.15, -0.1) is 0 Å². The van der Waals surface area contributed by atoms with Gasteiger partial charge in [0, 0.05) is 0 Å². The molecule has 1 rings (SSSR count). The van der Waals surface area contributed by atoms with Crippen molar-refractivity contribution in [2.24, 2.45) is 5.92 Å². The molecule has 0 heterocycles. The van der Waals surface area contributed by atoms with Crippen molar-refractivity contribution in [3.05, 3.63) is 36.0 Å². The molecule has 1 nitrogen and oxygen atoms in total. The van der Waals surface area contributed by atoms with Crippen LogP contribution in [0.1, 0.15) is 6.92 Å². The van der Waals surface area contributed by atoms with Crippen molar-refractivity contribution < 1.29 is 5.11 Å². The quantitative estimate of drug-likeness (QED) is 0.581. The zero-order valence-corrected chi connectivity index (χ0v) is 6.12. The number of allylic oxidation sites excluding steroid dienone is 4. The van der Waals surface area contributed by atoms with E-state index in [1.807, 2.05) is 18.2 Å². The van der Waals surface area contributed by atoms with Gasteiger partial charge in [0.25, 0.3) is 0 Å². The Balaban J connectivity index is 2.71. The maximum Gasteiger partial charge on any atom is 0.0681 e. The highest BCUT2D eigenvalue weighted by atomic mass is 16.3. The normalized spacial score (nSPS) is 24.2. The fourth-order valence-corrected chi connectivity index (χ4v) is 0.855. The lowest BCUT2D eigenvalue weighted by atomic mass is 10.1. The largest absolute Gasteiger partial charge is 0.392 e. The van der Waals surface area contributed by atoms with Gasteiger partial charge >= 0.3 is 0 Å². The number of rotatable bonds is 1. The molecule has 0 radical (unpaired) electrons. The second kappa shape index (κ2) is 3.37. The maximum atomic E-state index is 8.75. The average molecular weight is 136 g/mol. The molecule has 54 valence electrons. The second-order valence-electron chi connectivity index (χ2n) is 2.50. The van der Waals surface area contributed by atoms with Gasteiger partial charge in [-0.25, -0.2) is 0 Å². The Labute approximate surface area is 61.4 Å². The van der Waals surface area contributed by atoms with Crippen molar-refractivity contribution >= 4 is 0 Å². The van der Waals surface area contributed by atoms with Crippen LogP contribution in [0.3, 0.4) is 0 Å². The van der Waals surface area contributed by atoms with E-state index in [2.05, 4.69) is 19.1 Å². The first-order valence-corrected chi connectivity index (χ1v) is 3.49. The third kappa shape index (κ3) is 1.85. The van der Waals surface area contributed by atoms with E-state index in [1.54, 1.807) is 0 Å². The standard InChI is InChI=1S/C9H12O/c1-8-3-2-4-9(7-10)6-5-8/h2-6,8,10H,7H2,1H3. The number of aliphatic hydroxyl groups excluding tert-OH is 1. The van der Waals surface area contributed by atoms with Crippen molar-refractivity contribution in [1.29, 1.82) is 0 Å². The predicted molar refractivity (Wildman–Crippen MR) is 42.6 cm³/mol. The topological polar surface area (TPSA) is 20.2 Å². The Morgan fingerprint density at radius 3 is 3.00 bits per heavy atom. The van der Waals surface area contributed by atoms with Crippen molar-refractivity contribution in [3.8, 4) is 0 Å². The molecule has 1 aliphatic rings. The Kier molecular flexibility index (Phi) is 2.46. The third-order valence-corrected chi connectivity index (χ3v) is 1.52. The lowest BCUT2D eigenvalue weighted by Gasteiger charge is -1.93. The molecule has 0 fully saturated rings. The SMILES string of the molecule is CC1C=CC=C(CO)C=C1. The molecular formula is C9H12O. The first kappa shape index (κ1) is 7.29. The fourth-order valence-electron chi connectivity index (χ4n) is 0.855. The summed E-state index contributed by atoms with van der Waals surface area (Å²) in [7, 11) is 0. The molecule has 0 saturated carbocycles. The van der Waals surface area contributed by atoms with Crippen LogP contribution in [-0.2, 0) is 0 Å². The van der Waals surface area contributed by atoms with Gasteiger partial charge in [0.15, 0.2) is 0 Å². The van der Waals surface area contributed by atoms with Gasteiger partial charge in [0.2, 0.25) is 0 Å². The average Bonchev–Trinajstić information content (AvgIpc) is 2.14. The van der Waals surface area contributed by atoms with Gasteiger partial charge in [-0.3, -0.25) is 0 Å². The zero-order chi connectivity index (χ0) is 7.40. The van der Waals surface area contributed by atoms with E-state index in [0.717, 1.165) is 5.57 Å². The number of aliphatic hydroxyl groups is 1. The van der Waals surface area contributed by atoms with Crippen LogP contribution in [0.25, 0.3) is 0 Å². The van der Waals surface area contributed by atoms with Gasteiger partial charge in [0.1, 0.15) is 0 Å². The molecule has 0 amide bonds. The van der Waals surface area contributed by atoms with Gasteiger partial charge in [-0.2, -0.15) is 0 Å². The van der Waals surface area contributed by atoms with Crippen molar-refractivity contribution in [1.82, 2.24) is 0 Å².